The lowest BCUT2D eigenvalue weighted by atomic mass is 10.1. The van der Waals surface area contributed by atoms with Crippen molar-refractivity contribution in [2.45, 2.75) is 13.8 Å². The fourth-order valence-electron chi connectivity index (χ4n) is 1.97. The third kappa shape index (κ3) is 1.64. The van der Waals surface area contributed by atoms with E-state index in [4.69, 9.17) is 10.2 Å². The summed E-state index contributed by atoms with van der Waals surface area (Å²) in [6, 6.07) is 11.7. The van der Waals surface area contributed by atoms with Gasteiger partial charge in [0.05, 0.1) is 5.69 Å². The molecule has 1 aromatic heterocycles. The number of aromatic nitrogens is 1. The third-order valence-electron chi connectivity index (χ3n) is 3.20. The molecule has 2 aromatic carbocycles. The van der Waals surface area contributed by atoms with Crippen LogP contribution in [0, 0.1) is 13.8 Å². The maximum Gasteiger partial charge on any atom is 0.227 e. The third-order valence-corrected chi connectivity index (χ3v) is 3.20. The SMILES string of the molecule is Cc1ccc(-c2nc3c(N)cccc3o2)cc1C. The predicted octanol–water partition coefficient (Wildman–Crippen LogP) is 3.69. The van der Waals surface area contributed by atoms with Crippen molar-refractivity contribution in [3.63, 3.8) is 0 Å². The molecular weight excluding hydrogens is 224 g/mol. The largest absolute Gasteiger partial charge is 0.436 e. The average molecular weight is 238 g/mol. The zero-order valence-corrected chi connectivity index (χ0v) is 10.4. The summed E-state index contributed by atoms with van der Waals surface area (Å²) in [4.78, 5) is 4.46. The van der Waals surface area contributed by atoms with Crippen molar-refractivity contribution in [2.75, 3.05) is 5.73 Å². The lowest BCUT2D eigenvalue weighted by molar-refractivity contribution is 0.620. The highest BCUT2D eigenvalue weighted by Crippen LogP contribution is 2.28. The lowest BCUT2D eigenvalue weighted by Crippen LogP contribution is -1.86. The minimum atomic E-state index is 0.617. The number of oxazole rings is 1. The Morgan fingerprint density at radius 1 is 1.06 bits per heavy atom. The maximum atomic E-state index is 5.88. The van der Waals surface area contributed by atoms with Gasteiger partial charge in [0, 0.05) is 5.56 Å². The van der Waals surface area contributed by atoms with Gasteiger partial charge in [0.25, 0.3) is 0 Å². The standard InChI is InChI=1S/C15H14N2O/c1-9-6-7-11(8-10(9)2)15-17-14-12(16)4-3-5-13(14)18-15/h3-8H,16H2,1-2H3. The maximum absolute atomic E-state index is 5.88. The van der Waals surface area contributed by atoms with E-state index >= 15 is 0 Å². The number of para-hydroxylation sites is 1. The van der Waals surface area contributed by atoms with E-state index in [-0.39, 0.29) is 0 Å². The Morgan fingerprint density at radius 2 is 1.89 bits per heavy atom. The van der Waals surface area contributed by atoms with Crippen molar-refractivity contribution >= 4 is 16.8 Å². The molecule has 0 saturated heterocycles. The van der Waals surface area contributed by atoms with Gasteiger partial charge in [-0.2, -0.15) is 0 Å². The van der Waals surface area contributed by atoms with Gasteiger partial charge in [-0.05, 0) is 49.2 Å². The second-order valence-corrected chi connectivity index (χ2v) is 4.51. The molecule has 18 heavy (non-hydrogen) atoms. The van der Waals surface area contributed by atoms with Crippen LogP contribution in [0.1, 0.15) is 11.1 Å². The van der Waals surface area contributed by atoms with E-state index in [9.17, 15) is 0 Å². The summed E-state index contributed by atoms with van der Waals surface area (Å²) >= 11 is 0. The van der Waals surface area contributed by atoms with Gasteiger partial charge in [-0.3, -0.25) is 0 Å². The van der Waals surface area contributed by atoms with Crippen LogP contribution in [0.5, 0.6) is 0 Å². The number of hydrogen-bond acceptors (Lipinski definition) is 3. The second-order valence-electron chi connectivity index (χ2n) is 4.51. The molecule has 0 unspecified atom stereocenters. The fourth-order valence-corrected chi connectivity index (χ4v) is 1.97. The molecule has 0 atom stereocenters. The Hall–Kier alpha value is -2.29. The highest BCUT2D eigenvalue weighted by molar-refractivity contribution is 5.87. The molecular formula is C15H14N2O. The van der Waals surface area contributed by atoms with E-state index in [0.717, 1.165) is 16.7 Å². The first kappa shape index (κ1) is 10.8. The van der Waals surface area contributed by atoms with Gasteiger partial charge in [0.2, 0.25) is 5.89 Å². The fraction of sp³-hybridized carbons (Fsp3) is 0.133. The minimum absolute atomic E-state index is 0.617. The Morgan fingerprint density at radius 3 is 2.61 bits per heavy atom. The van der Waals surface area contributed by atoms with Gasteiger partial charge in [0.15, 0.2) is 5.58 Å². The summed E-state index contributed by atoms with van der Waals surface area (Å²) < 4.78 is 5.74. The first-order valence-electron chi connectivity index (χ1n) is 5.88. The number of anilines is 1. The van der Waals surface area contributed by atoms with Gasteiger partial charge >= 0.3 is 0 Å². The normalized spacial score (nSPS) is 11.0. The van der Waals surface area contributed by atoms with Crippen molar-refractivity contribution in [3.8, 4) is 11.5 Å². The summed E-state index contributed by atoms with van der Waals surface area (Å²) in [7, 11) is 0. The van der Waals surface area contributed by atoms with E-state index in [1.807, 2.05) is 24.3 Å². The highest BCUT2D eigenvalue weighted by atomic mass is 16.3. The Bertz CT molecular complexity index is 728. The summed E-state index contributed by atoms with van der Waals surface area (Å²) in [6.45, 7) is 4.17. The van der Waals surface area contributed by atoms with Crippen LogP contribution in [-0.2, 0) is 0 Å². The van der Waals surface area contributed by atoms with E-state index in [2.05, 4.69) is 31.0 Å². The van der Waals surface area contributed by atoms with Gasteiger partial charge in [-0.15, -0.1) is 0 Å². The summed E-state index contributed by atoms with van der Waals surface area (Å²) in [6.07, 6.45) is 0. The number of nitrogens with zero attached hydrogens (tertiary/aromatic N) is 1. The van der Waals surface area contributed by atoms with Crippen LogP contribution >= 0.6 is 0 Å². The van der Waals surface area contributed by atoms with Gasteiger partial charge in [-0.25, -0.2) is 4.98 Å². The number of aryl methyl sites for hydroxylation is 2. The Balaban J connectivity index is 2.19. The van der Waals surface area contributed by atoms with Crippen molar-refractivity contribution in [2.24, 2.45) is 0 Å². The molecule has 1 heterocycles. The zero-order valence-electron chi connectivity index (χ0n) is 10.4. The molecule has 0 saturated carbocycles. The van der Waals surface area contributed by atoms with Crippen LogP contribution in [0.2, 0.25) is 0 Å². The number of hydrogen-bond donors (Lipinski definition) is 1. The molecule has 0 bridgehead atoms. The minimum Gasteiger partial charge on any atom is -0.436 e. The molecule has 3 aromatic rings. The van der Waals surface area contributed by atoms with Gasteiger partial charge in [-0.1, -0.05) is 12.1 Å². The van der Waals surface area contributed by atoms with Gasteiger partial charge < -0.3 is 10.2 Å². The molecule has 3 nitrogen and oxygen atoms in total. The quantitative estimate of drug-likeness (QED) is 0.658. The van der Waals surface area contributed by atoms with Gasteiger partial charge in [0.1, 0.15) is 5.52 Å². The molecule has 0 amide bonds. The van der Waals surface area contributed by atoms with Crippen LogP contribution in [0.25, 0.3) is 22.6 Å². The first-order valence-corrected chi connectivity index (χ1v) is 5.88. The van der Waals surface area contributed by atoms with Crippen molar-refractivity contribution in [1.82, 2.24) is 4.98 Å². The summed E-state index contributed by atoms with van der Waals surface area (Å²) in [5.41, 5.74) is 11.4. The van der Waals surface area contributed by atoms with Crippen molar-refractivity contribution in [1.29, 1.82) is 0 Å². The molecule has 2 N–H and O–H groups in total. The summed E-state index contributed by atoms with van der Waals surface area (Å²) in [5.74, 6) is 0.617. The Kier molecular flexibility index (Phi) is 2.33. The van der Waals surface area contributed by atoms with Crippen LogP contribution in [0.3, 0.4) is 0 Å². The van der Waals surface area contributed by atoms with Crippen LogP contribution < -0.4 is 5.73 Å². The topological polar surface area (TPSA) is 52.0 Å². The van der Waals surface area contributed by atoms with Crippen molar-refractivity contribution in [3.05, 3.63) is 47.5 Å². The smallest absolute Gasteiger partial charge is 0.227 e. The number of nitrogen functional groups attached to an aromatic ring is 1. The lowest BCUT2D eigenvalue weighted by Gasteiger charge is -2.01. The number of fused-ring (bicyclic) bond motifs is 1. The zero-order chi connectivity index (χ0) is 12.7. The highest BCUT2D eigenvalue weighted by Gasteiger charge is 2.10. The predicted molar refractivity (Wildman–Crippen MR) is 73.3 cm³/mol. The van der Waals surface area contributed by atoms with Crippen LogP contribution in [0.4, 0.5) is 5.69 Å². The number of rotatable bonds is 1. The van der Waals surface area contributed by atoms with Crippen molar-refractivity contribution < 1.29 is 4.42 Å². The molecule has 0 aliphatic heterocycles. The number of nitrogens with two attached hydrogens (primary N) is 1. The number of benzene rings is 2. The molecule has 0 fully saturated rings. The van der Waals surface area contributed by atoms with Crippen LogP contribution in [-0.4, -0.2) is 4.98 Å². The first-order chi connectivity index (χ1) is 8.65. The average Bonchev–Trinajstić information content (AvgIpc) is 2.78. The molecule has 90 valence electrons. The second kappa shape index (κ2) is 3.88. The molecule has 3 rings (SSSR count). The van der Waals surface area contributed by atoms with E-state index in [1.54, 1.807) is 0 Å². The van der Waals surface area contributed by atoms with E-state index in [1.165, 1.54) is 11.1 Å². The van der Waals surface area contributed by atoms with E-state index < -0.39 is 0 Å². The van der Waals surface area contributed by atoms with E-state index in [0.29, 0.717) is 11.6 Å². The summed E-state index contributed by atoms with van der Waals surface area (Å²) in [5, 5.41) is 0. The van der Waals surface area contributed by atoms with Crippen LogP contribution in [0.15, 0.2) is 40.8 Å². The molecule has 0 aliphatic rings. The Labute approximate surface area is 105 Å². The molecule has 3 heteroatoms. The molecule has 0 radical (unpaired) electrons. The molecule has 0 spiro atoms. The molecule has 0 aliphatic carbocycles. The monoisotopic (exact) mass is 238 g/mol.